The molecule has 1 aliphatic rings. The maximum Gasteiger partial charge on any atom is 0.254 e. The largest absolute Gasteiger partial charge is 0.488 e. The Morgan fingerprint density at radius 2 is 2.22 bits per heavy atom. The Morgan fingerprint density at radius 3 is 2.96 bits per heavy atom. The van der Waals surface area contributed by atoms with E-state index in [0.717, 1.165) is 25.1 Å². The van der Waals surface area contributed by atoms with E-state index in [4.69, 9.17) is 10.5 Å². The lowest BCUT2D eigenvalue weighted by Gasteiger charge is -2.23. The Balaban J connectivity index is 0.00000192. The van der Waals surface area contributed by atoms with Gasteiger partial charge in [-0.2, -0.15) is 0 Å². The number of halogens is 1. The maximum absolute atomic E-state index is 12.6. The highest BCUT2D eigenvalue weighted by atomic mass is 35.5. The van der Waals surface area contributed by atoms with Crippen molar-refractivity contribution in [1.82, 2.24) is 4.90 Å². The van der Waals surface area contributed by atoms with Crippen molar-refractivity contribution in [2.45, 2.75) is 25.5 Å². The van der Waals surface area contributed by atoms with Crippen molar-refractivity contribution in [1.29, 1.82) is 0 Å². The third-order valence-corrected chi connectivity index (χ3v) is 4.80. The number of ether oxygens (including phenoxy) is 1. The van der Waals surface area contributed by atoms with Crippen molar-refractivity contribution in [2.75, 3.05) is 13.1 Å². The highest BCUT2D eigenvalue weighted by Gasteiger charge is 2.28. The average molecular weight is 353 g/mol. The van der Waals surface area contributed by atoms with Crippen LogP contribution in [0.3, 0.4) is 0 Å². The van der Waals surface area contributed by atoms with Gasteiger partial charge in [0.1, 0.15) is 12.4 Å². The first-order valence-corrected chi connectivity index (χ1v) is 8.42. The number of likely N-dealkylation sites (tertiary alicyclic amines) is 1. The van der Waals surface area contributed by atoms with Crippen LogP contribution in [0.25, 0.3) is 0 Å². The summed E-state index contributed by atoms with van der Waals surface area (Å²) >= 11 is 1.66. The number of thiophene rings is 1. The Bertz CT molecular complexity index is 633. The minimum atomic E-state index is 0. The van der Waals surface area contributed by atoms with Gasteiger partial charge in [-0.15, -0.1) is 23.7 Å². The summed E-state index contributed by atoms with van der Waals surface area (Å²) in [7, 11) is 0. The molecule has 1 aliphatic heterocycles. The number of hydrogen-bond acceptors (Lipinski definition) is 4. The molecular formula is C17H21ClN2O2S. The van der Waals surface area contributed by atoms with Crippen LogP contribution >= 0.6 is 23.7 Å². The summed E-state index contributed by atoms with van der Waals surface area (Å²) in [6.45, 7) is 1.85. The van der Waals surface area contributed by atoms with E-state index in [9.17, 15) is 4.79 Å². The first-order valence-electron chi connectivity index (χ1n) is 7.54. The van der Waals surface area contributed by atoms with Gasteiger partial charge in [0.05, 0.1) is 0 Å². The Morgan fingerprint density at radius 1 is 1.35 bits per heavy atom. The van der Waals surface area contributed by atoms with Crippen LogP contribution in [-0.4, -0.2) is 29.9 Å². The quantitative estimate of drug-likeness (QED) is 0.898. The van der Waals surface area contributed by atoms with E-state index in [1.54, 1.807) is 11.3 Å². The lowest BCUT2D eigenvalue weighted by atomic mass is 10.1. The van der Waals surface area contributed by atoms with Crippen LogP contribution in [0.15, 0.2) is 41.8 Å². The van der Waals surface area contributed by atoms with Gasteiger partial charge in [-0.05, 0) is 42.5 Å². The summed E-state index contributed by atoms with van der Waals surface area (Å²) in [6.07, 6.45) is 2.03. The predicted molar refractivity (Wildman–Crippen MR) is 95.5 cm³/mol. The standard InChI is InChI=1S/C17H20N2O2S.ClH/c18-11-14-5-2-8-19(14)17(20)13-4-1-6-15(10-13)21-12-16-7-3-9-22-16;/h1,3-4,6-7,9-10,14H,2,5,8,11-12,18H2;1H. The zero-order valence-corrected chi connectivity index (χ0v) is 14.4. The summed E-state index contributed by atoms with van der Waals surface area (Å²) in [5.74, 6) is 0.775. The summed E-state index contributed by atoms with van der Waals surface area (Å²) in [6, 6.07) is 11.6. The van der Waals surface area contributed by atoms with E-state index < -0.39 is 0 Å². The second-order valence-corrected chi connectivity index (χ2v) is 6.46. The maximum atomic E-state index is 12.6. The molecule has 6 heteroatoms. The molecule has 23 heavy (non-hydrogen) atoms. The van der Waals surface area contributed by atoms with Gasteiger partial charge in [-0.3, -0.25) is 4.79 Å². The number of nitrogens with zero attached hydrogens (tertiary/aromatic N) is 1. The van der Waals surface area contributed by atoms with Gasteiger partial charge in [0, 0.05) is 29.6 Å². The monoisotopic (exact) mass is 352 g/mol. The van der Waals surface area contributed by atoms with E-state index in [-0.39, 0.29) is 24.4 Å². The molecule has 124 valence electrons. The molecule has 2 heterocycles. The molecule has 0 bridgehead atoms. The molecule has 1 amide bonds. The first kappa shape index (κ1) is 17.8. The molecule has 4 nitrogen and oxygen atoms in total. The van der Waals surface area contributed by atoms with Crippen LogP contribution in [-0.2, 0) is 6.61 Å². The fraction of sp³-hybridized carbons (Fsp3) is 0.353. The van der Waals surface area contributed by atoms with Crippen molar-refractivity contribution in [3.63, 3.8) is 0 Å². The van der Waals surface area contributed by atoms with Crippen molar-refractivity contribution in [3.05, 3.63) is 52.2 Å². The van der Waals surface area contributed by atoms with Crippen molar-refractivity contribution < 1.29 is 9.53 Å². The molecule has 2 aromatic rings. The number of carbonyl (C=O) groups excluding carboxylic acids is 1. The Labute approximate surface area is 146 Å². The smallest absolute Gasteiger partial charge is 0.254 e. The van der Waals surface area contributed by atoms with Gasteiger partial charge in [-0.25, -0.2) is 0 Å². The summed E-state index contributed by atoms with van der Waals surface area (Å²) < 4.78 is 5.77. The normalized spacial score (nSPS) is 16.9. The molecule has 0 radical (unpaired) electrons. The highest BCUT2D eigenvalue weighted by molar-refractivity contribution is 7.09. The number of carbonyl (C=O) groups is 1. The fourth-order valence-corrected chi connectivity index (χ4v) is 3.40. The molecule has 0 aliphatic carbocycles. The van der Waals surface area contributed by atoms with E-state index in [0.29, 0.717) is 18.7 Å². The van der Waals surface area contributed by atoms with E-state index in [1.165, 1.54) is 4.88 Å². The number of amides is 1. The summed E-state index contributed by atoms with van der Waals surface area (Å²) in [4.78, 5) is 15.7. The van der Waals surface area contributed by atoms with Crippen LogP contribution < -0.4 is 10.5 Å². The van der Waals surface area contributed by atoms with Gasteiger partial charge < -0.3 is 15.4 Å². The average Bonchev–Trinajstić information content (AvgIpc) is 3.23. The summed E-state index contributed by atoms with van der Waals surface area (Å²) in [5, 5.41) is 2.03. The molecule has 1 unspecified atom stereocenters. The Hall–Kier alpha value is -1.56. The van der Waals surface area contributed by atoms with Gasteiger partial charge >= 0.3 is 0 Å². The number of benzene rings is 1. The molecule has 1 saturated heterocycles. The second kappa shape index (κ2) is 8.34. The van der Waals surface area contributed by atoms with Crippen LogP contribution in [0.1, 0.15) is 28.1 Å². The SMILES string of the molecule is Cl.NCC1CCCN1C(=O)c1cccc(OCc2cccs2)c1. The Kier molecular flexibility index (Phi) is 6.45. The third-order valence-electron chi connectivity index (χ3n) is 3.95. The summed E-state index contributed by atoms with van der Waals surface area (Å²) in [5.41, 5.74) is 6.42. The highest BCUT2D eigenvalue weighted by Crippen LogP contribution is 2.22. The van der Waals surface area contributed by atoms with Crippen LogP contribution in [0, 0.1) is 0 Å². The van der Waals surface area contributed by atoms with E-state index >= 15 is 0 Å². The molecule has 1 aromatic heterocycles. The third kappa shape index (κ3) is 4.25. The minimum Gasteiger partial charge on any atom is -0.488 e. The van der Waals surface area contributed by atoms with E-state index in [1.807, 2.05) is 46.7 Å². The number of nitrogens with two attached hydrogens (primary N) is 1. The molecule has 1 aromatic carbocycles. The molecule has 1 fully saturated rings. The van der Waals surface area contributed by atoms with Gasteiger partial charge in [-0.1, -0.05) is 12.1 Å². The fourth-order valence-electron chi connectivity index (χ4n) is 2.78. The number of rotatable bonds is 5. The topological polar surface area (TPSA) is 55.6 Å². The zero-order chi connectivity index (χ0) is 15.4. The number of hydrogen-bond donors (Lipinski definition) is 1. The van der Waals surface area contributed by atoms with Gasteiger partial charge in [0.25, 0.3) is 5.91 Å². The molecular weight excluding hydrogens is 332 g/mol. The molecule has 0 saturated carbocycles. The predicted octanol–water partition coefficient (Wildman–Crippen LogP) is 3.31. The molecule has 2 N–H and O–H groups in total. The van der Waals surface area contributed by atoms with Crippen LogP contribution in [0.2, 0.25) is 0 Å². The molecule has 1 atom stereocenters. The van der Waals surface area contributed by atoms with Crippen molar-refractivity contribution in [3.8, 4) is 5.75 Å². The lowest BCUT2D eigenvalue weighted by Crippen LogP contribution is -2.39. The van der Waals surface area contributed by atoms with E-state index in [2.05, 4.69) is 0 Å². The first-order chi connectivity index (χ1) is 10.8. The van der Waals surface area contributed by atoms with Crippen molar-refractivity contribution in [2.24, 2.45) is 5.73 Å². The van der Waals surface area contributed by atoms with Gasteiger partial charge in [0.2, 0.25) is 0 Å². The van der Waals surface area contributed by atoms with Crippen LogP contribution in [0.5, 0.6) is 5.75 Å². The van der Waals surface area contributed by atoms with Crippen LogP contribution in [0.4, 0.5) is 0 Å². The zero-order valence-electron chi connectivity index (χ0n) is 12.8. The van der Waals surface area contributed by atoms with Crippen molar-refractivity contribution >= 4 is 29.7 Å². The van der Waals surface area contributed by atoms with Gasteiger partial charge in [0.15, 0.2) is 0 Å². The molecule has 0 spiro atoms. The second-order valence-electron chi connectivity index (χ2n) is 5.43. The molecule has 3 rings (SSSR count). The lowest BCUT2D eigenvalue weighted by molar-refractivity contribution is 0.0740. The minimum absolute atomic E-state index is 0.